The van der Waals surface area contributed by atoms with Gasteiger partial charge in [-0.25, -0.2) is 0 Å². The molecular weight excluding hydrogens is 202 g/mol. The van der Waals surface area contributed by atoms with Crippen LogP contribution in [0.2, 0.25) is 0 Å². The van der Waals surface area contributed by atoms with E-state index in [1.165, 1.54) is 32.2 Å². The maximum Gasteiger partial charge on any atom is 0.129 e. The number of ether oxygens (including phenoxy) is 1. The Morgan fingerprint density at radius 2 is 2.25 bits per heavy atom. The van der Waals surface area contributed by atoms with Crippen molar-refractivity contribution in [3.05, 3.63) is 24.2 Å². The first-order valence-electron chi connectivity index (χ1n) is 6.28. The van der Waals surface area contributed by atoms with Crippen LogP contribution in [0.4, 0.5) is 0 Å². The minimum Gasteiger partial charge on any atom is -0.467 e. The van der Waals surface area contributed by atoms with E-state index in [0.29, 0.717) is 6.61 Å². The van der Waals surface area contributed by atoms with Gasteiger partial charge >= 0.3 is 0 Å². The van der Waals surface area contributed by atoms with Gasteiger partial charge in [-0.2, -0.15) is 0 Å². The number of nitrogens with one attached hydrogen (secondary N) is 1. The van der Waals surface area contributed by atoms with Crippen molar-refractivity contribution in [2.45, 2.75) is 44.8 Å². The third kappa shape index (κ3) is 4.81. The van der Waals surface area contributed by atoms with Crippen molar-refractivity contribution < 1.29 is 9.15 Å². The van der Waals surface area contributed by atoms with E-state index in [9.17, 15) is 0 Å². The average Bonchev–Trinajstić information content (AvgIpc) is 2.97. The Bertz CT molecular complexity index is 267. The molecule has 3 heteroatoms. The zero-order valence-electron chi connectivity index (χ0n) is 9.78. The van der Waals surface area contributed by atoms with E-state index in [0.717, 1.165) is 24.8 Å². The normalized spacial score (nSPS) is 15.5. The average molecular weight is 223 g/mol. The van der Waals surface area contributed by atoms with E-state index in [2.05, 4.69) is 5.32 Å². The van der Waals surface area contributed by atoms with Crippen molar-refractivity contribution >= 4 is 0 Å². The van der Waals surface area contributed by atoms with Crippen LogP contribution in [0.15, 0.2) is 22.8 Å². The summed E-state index contributed by atoms with van der Waals surface area (Å²) < 4.78 is 10.7. The molecule has 3 nitrogen and oxygen atoms in total. The highest BCUT2D eigenvalue weighted by Gasteiger charge is 2.19. The van der Waals surface area contributed by atoms with Crippen LogP contribution in [0.3, 0.4) is 0 Å². The van der Waals surface area contributed by atoms with E-state index in [1.807, 2.05) is 12.1 Å². The summed E-state index contributed by atoms with van der Waals surface area (Å²) in [7, 11) is 0. The molecule has 1 fully saturated rings. The van der Waals surface area contributed by atoms with Crippen LogP contribution in [0.5, 0.6) is 0 Å². The Morgan fingerprint density at radius 1 is 1.31 bits per heavy atom. The van der Waals surface area contributed by atoms with E-state index in [-0.39, 0.29) is 0 Å². The zero-order chi connectivity index (χ0) is 11.1. The maximum atomic E-state index is 5.50. The Morgan fingerprint density at radius 3 is 3.00 bits per heavy atom. The molecule has 90 valence electrons. The number of unbranched alkanes of at least 4 members (excludes halogenated alkanes) is 2. The van der Waals surface area contributed by atoms with Crippen LogP contribution in [-0.2, 0) is 11.3 Å². The van der Waals surface area contributed by atoms with Crippen LogP contribution in [0.1, 0.15) is 37.9 Å². The topological polar surface area (TPSA) is 34.4 Å². The van der Waals surface area contributed by atoms with Gasteiger partial charge in [0.05, 0.1) is 6.26 Å². The molecule has 1 heterocycles. The van der Waals surface area contributed by atoms with Crippen LogP contribution in [-0.4, -0.2) is 19.2 Å². The summed E-state index contributed by atoms with van der Waals surface area (Å²) >= 11 is 0. The van der Waals surface area contributed by atoms with E-state index < -0.39 is 0 Å². The van der Waals surface area contributed by atoms with Crippen molar-refractivity contribution in [3.63, 3.8) is 0 Å². The van der Waals surface area contributed by atoms with Gasteiger partial charge in [0.15, 0.2) is 0 Å². The summed E-state index contributed by atoms with van der Waals surface area (Å²) in [5.74, 6) is 0.912. The minimum atomic E-state index is 0.604. The van der Waals surface area contributed by atoms with E-state index in [4.69, 9.17) is 9.15 Å². The third-order valence-corrected chi connectivity index (χ3v) is 2.80. The first-order valence-corrected chi connectivity index (χ1v) is 6.28. The van der Waals surface area contributed by atoms with Crippen molar-refractivity contribution in [1.29, 1.82) is 0 Å². The quantitative estimate of drug-likeness (QED) is 0.654. The summed E-state index contributed by atoms with van der Waals surface area (Å²) in [5, 5.41) is 3.51. The highest BCUT2D eigenvalue weighted by atomic mass is 16.5. The fourth-order valence-corrected chi connectivity index (χ4v) is 1.67. The molecule has 2 rings (SSSR count). The van der Waals surface area contributed by atoms with Gasteiger partial charge in [-0.15, -0.1) is 0 Å². The van der Waals surface area contributed by atoms with Crippen molar-refractivity contribution in [1.82, 2.24) is 5.32 Å². The Hall–Kier alpha value is -0.800. The van der Waals surface area contributed by atoms with Gasteiger partial charge in [-0.1, -0.05) is 0 Å². The Labute approximate surface area is 97.2 Å². The highest BCUT2D eigenvalue weighted by molar-refractivity contribution is 4.95. The molecule has 0 spiro atoms. The first-order chi connectivity index (χ1) is 7.95. The van der Waals surface area contributed by atoms with Crippen LogP contribution in [0.25, 0.3) is 0 Å². The van der Waals surface area contributed by atoms with Gasteiger partial charge < -0.3 is 14.5 Å². The monoisotopic (exact) mass is 223 g/mol. The van der Waals surface area contributed by atoms with E-state index >= 15 is 0 Å². The SMILES string of the molecule is c1coc(COCCCCCNC2CC2)c1. The minimum absolute atomic E-state index is 0.604. The smallest absolute Gasteiger partial charge is 0.129 e. The predicted octanol–water partition coefficient (Wildman–Crippen LogP) is 2.72. The van der Waals surface area contributed by atoms with Gasteiger partial charge in [0.25, 0.3) is 0 Å². The highest BCUT2D eigenvalue weighted by Crippen LogP contribution is 2.18. The molecular formula is C13H21NO2. The van der Waals surface area contributed by atoms with Gasteiger partial charge in [0.1, 0.15) is 12.4 Å². The summed E-state index contributed by atoms with van der Waals surface area (Å²) in [6.07, 6.45) is 8.10. The summed E-state index contributed by atoms with van der Waals surface area (Å²) in [5.41, 5.74) is 0. The molecule has 0 aliphatic heterocycles. The second-order valence-corrected chi connectivity index (χ2v) is 4.42. The van der Waals surface area contributed by atoms with E-state index in [1.54, 1.807) is 6.26 Å². The Balaban J connectivity index is 1.34. The molecule has 0 aromatic carbocycles. The van der Waals surface area contributed by atoms with Gasteiger partial charge in [-0.3, -0.25) is 0 Å². The van der Waals surface area contributed by atoms with Crippen molar-refractivity contribution in [2.24, 2.45) is 0 Å². The summed E-state index contributed by atoms with van der Waals surface area (Å²) in [4.78, 5) is 0. The molecule has 0 atom stereocenters. The predicted molar refractivity (Wildman–Crippen MR) is 63.2 cm³/mol. The lowest BCUT2D eigenvalue weighted by Gasteiger charge is -2.03. The van der Waals surface area contributed by atoms with Crippen LogP contribution >= 0.6 is 0 Å². The molecule has 1 aromatic rings. The molecule has 0 amide bonds. The lowest BCUT2D eigenvalue weighted by molar-refractivity contribution is 0.102. The largest absolute Gasteiger partial charge is 0.467 e. The molecule has 1 saturated carbocycles. The molecule has 0 radical (unpaired) electrons. The fourth-order valence-electron chi connectivity index (χ4n) is 1.67. The second kappa shape index (κ2) is 6.71. The standard InChI is InChI=1S/C13H21NO2/c1(2-8-14-12-6-7-12)3-9-15-11-13-5-4-10-16-13/h4-5,10,12,14H,1-3,6-9,11H2. The fraction of sp³-hybridized carbons (Fsp3) is 0.692. The van der Waals surface area contributed by atoms with Gasteiger partial charge in [0.2, 0.25) is 0 Å². The number of hydrogen-bond acceptors (Lipinski definition) is 3. The van der Waals surface area contributed by atoms with Crippen molar-refractivity contribution in [3.8, 4) is 0 Å². The maximum absolute atomic E-state index is 5.50. The molecule has 1 aromatic heterocycles. The lowest BCUT2D eigenvalue weighted by atomic mass is 10.2. The number of rotatable bonds is 9. The molecule has 0 unspecified atom stereocenters. The molecule has 1 N–H and O–H groups in total. The third-order valence-electron chi connectivity index (χ3n) is 2.80. The zero-order valence-corrected chi connectivity index (χ0v) is 9.78. The van der Waals surface area contributed by atoms with Gasteiger partial charge in [-0.05, 0) is 50.8 Å². The molecule has 1 aliphatic rings. The second-order valence-electron chi connectivity index (χ2n) is 4.42. The molecule has 1 aliphatic carbocycles. The van der Waals surface area contributed by atoms with Crippen LogP contribution in [0, 0.1) is 0 Å². The molecule has 0 saturated heterocycles. The summed E-state index contributed by atoms with van der Waals surface area (Å²) in [6, 6.07) is 4.68. The lowest BCUT2D eigenvalue weighted by Crippen LogP contribution is -2.17. The van der Waals surface area contributed by atoms with Gasteiger partial charge in [0, 0.05) is 12.6 Å². The molecule has 16 heavy (non-hydrogen) atoms. The molecule has 0 bridgehead atoms. The number of hydrogen-bond donors (Lipinski definition) is 1. The van der Waals surface area contributed by atoms with Crippen molar-refractivity contribution in [2.75, 3.05) is 13.2 Å². The summed E-state index contributed by atoms with van der Waals surface area (Å²) in [6.45, 7) is 2.61. The van der Waals surface area contributed by atoms with Crippen LogP contribution < -0.4 is 5.32 Å². The first kappa shape index (κ1) is 11.7. The Kier molecular flexibility index (Phi) is 4.90. The number of furan rings is 1.